The third-order valence-corrected chi connectivity index (χ3v) is 3.67. The molecule has 0 saturated carbocycles. The monoisotopic (exact) mass is 244 g/mol. The van der Waals surface area contributed by atoms with Gasteiger partial charge in [-0.25, -0.2) is 0 Å². The van der Waals surface area contributed by atoms with Crippen molar-refractivity contribution in [1.29, 1.82) is 0 Å². The van der Waals surface area contributed by atoms with E-state index in [-0.39, 0.29) is 5.91 Å². The number of hydrogen-bond donors (Lipinski definition) is 2. The van der Waals surface area contributed by atoms with Gasteiger partial charge in [0, 0.05) is 19.0 Å². The van der Waals surface area contributed by atoms with Gasteiger partial charge in [-0.15, -0.1) is 0 Å². The number of aryl methyl sites for hydroxylation is 1. The lowest BCUT2D eigenvalue weighted by molar-refractivity contribution is -0.131. The van der Waals surface area contributed by atoms with Gasteiger partial charge >= 0.3 is 0 Å². The van der Waals surface area contributed by atoms with Gasteiger partial charge < -0.3 is 10.6 Å². The van der Waals surface area contributed by atoms with Crippen LogP contribution < -0.4 is 5.73 Å². The lowest BCUT2D eigenvalue weighted by atomic mass is 9.96. The van der Waals surface area contributed by atoms with Crippen LogP contribution in [0.3, 0.4) is 0 Å². The van der Waals surface area contributed by atoms with Gasteiger partial charge in [0.2, 0.25) is 5.91 Å². The van der Waals surface area contributed by atoms with Crippen molar-refractivity contribution >= 4 is 16.8 Å². The van der Waals surface area contributed by atoms with E-state index in [0.717, 1.165) is 27.6 Å². The highest BCUT2D eigenvalue weighted by atomic mass is 16.2. The number of rotatable bonds is 0. The molecule has 0 fully saturated rings. The zero-order chi connectivity index (χ0) is 12.9. The van der Waals surface area contributed by atoms with E-state index in [1.54, 1.807) is 11.9 Å². The van der Waals surface area contributed by atoms with Gasteiger partial charge in [-0.2, -0.15) is 5.10 Å². The summed E-state index contributed by atoms with van der Waals surface area (Å²) in [5, 5.41) is 8.21. The van der Waals surface area contributed by atoms with E-state index < -0.39 is 6.04 Å². The summed E-state index contributed by atoms with van der Waals surface area (Å²) in [7, 11) is 1.79. The molecule has 0 aliphatic carbocycles. The van der Waals surface area contributed by atoms with E-state index in [2.05, 4.69) is 16.3 Å². The molecule has 1 amide bonds. The molecular weight excluding hydrogens is 228 g/mol. The second-order valence-corrected chi connectivity index (χ2v) is 4.99. The number of nitrogens with two attached hydrogens (primary N) is 1. The molecule has 1 aliphatic heterocycles. The second kappa shape index (κ2) is 3.81. The first-order valence-corrected chi connectivity index (χ1v) is 6.03. The van der Waals surface area contributed by atoms with Gasteiger partial charge in [0.1, 0.15) is 0 Å². The molecule has 5 heteroatoms. The summed E-state index contributed by atoms with van der Waals surface area (Å²) in [5.41, 5.74) is 10.4. The quantitative estimate of drug-likeness (QED) is 0.716. The SMILES string of the molecule is Cc1cc2c(c3cn[nH]c13)CN(C)C(=O)C(N)C2. The summed E-state index contributed by atoms with van der Waals surface area (Å²) in [6.45, 7) is 2.64. The number of fused-ring (bicyclic) bond motifs is 3. The zero-order valence-electron chi connectivity index (χ0n) is 10.5. The smallest absolute Gasteiger partial charge is 0.239 e. The van der Waals surface area contributed by atoms with Crippen molar-refractivity contribution < 1.29 is 4.79 Å². The molecule has 2 heterocycles. The third-order valence-electron chi connectivity index (χ3n) is 3.67. The third kappa shape index (κ3) is 1.51. The lowest BCUT2D eigenvalue weighted by Crippen LogP contribution is -2.40. The van der Waals surface area contributed by atoms with E-state index in [1.807, 2.05) is 13.1 Å². The van der Waals surface area contributed by atoms with Crippen molar-refractivity contribution in [2.75, 3.05) is 7.05 Å². The summed E-state index contributed by atoms with van der Waals surface area (Å²) in [6, 6.07) is 1.67. The first-order chi connectivity index (χ1) is 8.58. The van der Waals surface area contributed by atoms with E-state index in [0.29, 0.717) is 13.0 Å². The Labute approximate surface area is 105 Å². The number of aromatic amines is 1. The maximum absolute atomic E-state index is 12.0. The molecule has 0 spiro atoms. The summed E-state index contributed by atoms with van der Waals surface area (Å²) in [5.74, 6) is 0.000461. The Kier molecular flexibility index (Phi) is 2.38. The van der Waals surface area contributed by atoms with Crippen LogP contribution in [-0.2, 0) is 17.8 Å². The van der Waals surface area contributed by atoms with Crippen molar-refractivity contribution in [3.63, 3.8) is 0 Å². The Morgan fingerprint density at radius 3 is 3.11 bits per heavy atom. The van der Waals surface area contributed by atoms with Crippen molar-refractivity contribution in [1.82, 2.24) is 15.1 Å². The topological polar surface area (TPSA) is 75.0 Å². The van der Waals surface area contributed by atoms with Gasteiger partial charge in [0.15, 0.2) is 0 Å². The summed E-state index contributed by atoms with van der Waals surface area (Å²) in [6.07, 6.45) is 2.43. The zero-order valence-corrected chi connectivity index (χ0v) is 10.5. The second-order valence-electron chi connectivity index (χ2n) is 4.99. The molecule has 1 aromatic carbocycles. The molecule has 5 nitrogen and oxygen atoms in total. The van der Waals surface area contributed by atoms with Gasteiger partial charge in [-0.1, -0.05) is 6.07 Å². The van der Waals surface area contributed by atoms with Gasteiger partial charge in [-0.05, 0) is 30.0 Å². The Bertz CT molecular complexity index is 631. The minimum atomic E-state index is -0.444. The number of H-pyrrole nitrogens is 1. The van der Waals surface area contributed by atoms with E-state index in [1.165, 1.54) is 0 Å². The van der Waals surface area contributed by atoms with Crippen LogP contribution >= 0.6 is 0 Å². The van der Waals surface area contributed by atoms with E-state index in [4.69, 9.17) is 5.73 Å². The van der Waals surface area contributed by atoms with Crippen LogP contribution in [0.2, 0.25) is 0 Å². The van der Waals surface area contributed by atoms with Crippen LogP contribution in [-0.4, -0.2) is 34.1 Å². The number of nitrogens with one attached hydrogen (secondary N) is 1. The number of likely N-dealkylation sites (N-methyl/N-ethyl adjacent to an activating group) is 1. The fraction of sp³-hybridized carbons (Fsp3) is 0.385. The molecule has 18 heavy (non-hydrogen) atoms. The number of hydrogen-bond acceptors (Lipinski definition) is 3. The van der Waals surface area contributed by atoms with Gasteiger partial charge in [-0.3, -0.25) is 9.89 Å². The molecule has 1 unspecified atom stereocenters. The molecule has 1 atom stereocenters. The Morgan fingerprint density at radius 2 is 2.33 bits per heavy atom. The molecule has 1 aliphatic rings. The predicted octanol–water partition coefficient (Wildman–Crippen LogP) is 0.713. The number of aromatic nitrogens is 2. The number of carbonyl (C=O) groups is 1. The van der Waals surface area contributed by atoms with Gasteiger partial charge in [0.05, 0.1) is 17.8 Å². The largest absolute Gasteiger partial charge is 0.340 e. The maximum Gasteiger partial charge on any atom is 0.239 e. The van der Waals surface area contributed by atoms with E-state index in [9.17, 15) is 4.79 Å². The van der Waals surface area contributed by atoms with Crippen LogP contribution in [0, 0.1) is 6.92 Å². The maximum atomic E-state index is 12.0. The summed E-state index contributed by atoms with van der Waals surface area (Å²) >= 11 is 0. The fourth-order valence-electron chi connectivity index (χ4n) is 2.70. The lowest BCUT2D eigenvalue weighted by Gasteiger charge is -2.17. The average Bonchev–Trinajstić information content (AvgIpc) is 2.78. The molecule has 1 aromatic heterocycles. The van der Waals surface area contributed by atoms with Crippen LogP contribution in [0.25, 0.3) is 10.9 Å². The summed E-state index contributed by atoms with van der Waals surface area (Å²) < 4.78 is 0. The van der Waals surface area contributed by atoms with Crippen molar-refractivity contribution in [3.8, 4) is 0 Å². The number of carbonyl (C=O) groups excluding carboxylic acids is 1. The average molecular weight is 244 g/mol. The van der Waals surface area contributed by atoms with Gasteiger partial charge in [0.25, 0.3) is 0 Å². The highest BCUT2D eigenvalue weighted by Crippen LogP contribution is 2.28. The minimum absolute atomic E-state index is 0.000461. The Balaban J connectivity index is 2.25. The first kappa shape index (κ1) is 11.2. The standard InChI is InChI=1S/C13H16N4O/c1-7-3-8-4-11(14)13(18)17(2)6-10(8)9-5-15-16-12(7)9/h3,5,11H,4,6,14H2,1-2H3,(H,15,16). The number of nitrogens with zero attached hydrogens (tertiary/aromatic N) is 2. The summed E-state index contributed by atoms with van der Waals surface area (Å²) in [4.78, 5) is 13.6. The normalized spacial score (nSPS) is 20.1. The molecule has 0 radical (unpaired) electrons. The molecule has 3 N–H and O–H groups in total. The Hall–Kier alpha value is -1.88. The van der Waals surface area contributed by atoms with Crippen molar-refractivity contribution in [3.05, 3.63) is 29.0 Å². The van der Waals surface area contributed by atoms with Crippen molar-refractivity contribution in [2.24, 2.45) is 5.73 Å². The minimum Gasteiger partial charge on any atom is -0.340 e. The highest BCUT2D eigenvalue weighted by molar-refractivity contribution is 5.89. The van der Waals surface area contributed by atoms with Crippen LogP contribution in [0.5, 0.6) is 0 Å². The molecule has 2 aromatic rings. The van der Waals surface area contributed by atoms with Crippen LogP contribution in [0.4, 0.5) is 0 Å². The molecule has 0 saturated heterocycles. The van der Waals surface area contributed by atoms with E-state index >= 15 is 0 Å². The molecule has 94 valence electrons. The van der Waals surface area contributed by atoms with Crippen molar-refractivity contribution in [2.45, 2.75) is 25.9 Å². The highest BCUT2D eigenvalue weighted by Gasteiger charge is 2.26. The van der Waals surface area contributed by atoms with Crippen LogP contribution in [0.15, 0.2) is 12.3 Å². The molecular formula is C13H16N4O. The predicted molar refractivity (Wildman–Crippen MR) is 69.0 cm³/mol. The fourth-order valence-corrected chi connectivity index (χ4v) is 2.70. The molecule has 0 bridgehead atoms. The number of amides is 1. The molecule has 3 rings (SSSR count). The van der Waals surface area contributed by atoms with Crippen LogP contribution in [0.1, 0.15) is 16.7 Å². The Morgan fingerprint density at radius 1 is 1.56 bits per heavy atom. The number of benzene rings is 1. The first-order valence-electron chi connectivity index (χ1n) is 6.03.